The molecule has 27 heavy (non-hydrogen) atoms. The second kappa shape index (κ2) is 9.68. The molecule has 7 heteroatoms. The Morgan fingerprint density at radius 1 is 1.30 bits per heavy atom. The zero-order valence-electron chi connectivity index (χ0n) is 15.9. The number of nitrogens with one attached hydrogen (secondary N) is 1. The fourth-order valence-electron chi connectivity index (χ4n) is 2.89. The number of benzene rings is 1. The highest BCUT2D eigenvalue weighted by atomic mass is 16.5. The molecule has 0 bridgehead atoms. The summed E-state index contributed by atoms with van der Waals surface area (Å²) in [5, 5.41) is 2.85. The molecule has 1 heterocycles. The molecule has 0 saturated carbocycles. The molecule has 7 nitrogen and oxygen atoms in total. The predicted octanol–water partition coefficient (Wildman–Crippen LogP) is 2.06. The Morgan fingerprint density at radius 3 is 2.59 bits per heavy atom. The molecule has 0 radical (unpaired) electrons. The van der Waals surface area contributed by atoms with Gasteiger partial charge in [0, 0.05) is 20.2 Å². The molecule has 2 aromatic rings. The van der Waals surface area contributed by atoms with Crippen molar-refractivity contribution in [1.82, 2.24) is 19.8 Å². The molecule has 1 unspecified atom stereocenters. The Balaban J connectivity index is 2.35. The number of imidazole rings is 1. The number of rotatable bonds is 10. The van der Waals surface area contributed by atoms with Gasteiger partial charge in [-0.3, -0.25) is 9.59 Å². The lowest BCUT2D eigenvalue weighted by molar-refractivity contribution is -0.130. The van der Waals surface area contributed by atoms with Crippen molar-refractivity contribution < 1.29 is 14.3 Å². The Morgan fingerprint density at radius 2 is 1.96 bits per heavy atom. The van der Waals surface area contributed by atoms with Gasteiger partial charge in [0.25, 0.3) is 0 Å². The van der Waals surface area contributed by atoms with Gasteiger partial charge in [0.05, 0.1) is 17.1 Å². The van der Waals surface area contributed by atoms with Crippen molar-refractivity contribution >= 4 is 22.8 Å². The number of para-hydroxylation sites is 2. The highest BCUT2D eigenvalue weighted by Gasteiger charge is 2.21. The van der Waals surface area contributed by atoms with Crippen LogP contribution in [0.4, 0.5) is 0 Å². The average molecular weight is 370 g/mol. The number of hydrogen-bond donors (Lipinski definition) is 1. The van der Waals surface area contributed by atoms with Gasteiger partial charge in [0.2, 0.25) is 11.8 Å². The lowest BCUT2D eigenvalue weighted by Crippen LogP contribution is -2.36. The van der Waals surface area contributed by atoms with Gasteiger partial charge >= 0.3 is 0 Å². The van der Waals surface area contributed by atoms with Crippen molar-refractivity contribution in [2.45, 2.75) is 19.5 Å². The van der Waals surface area contributed by atoms with E-state index < -0.39 is 0 Å². The van der Waals surface area contributed by atoms with Crippen LogP contribution in [-0.4, -0.2) is 53.1 Å². The molecule has 0 saturated heterocycles. The SMILES string of the molecule is C=CCN(CC=C)C(=O)Cn1c(C(C)NC(=O)COC)nc2ccccc21. The van der Waals surface area contributed by atoms with Crippen LogP contribution >= 0.6 is 0 Å². The molecule has 1 atom stereocenters. The predicted molar refractivity (Wildman–Crippen MR) is 105 cm³/mol. The Bertz CT molecular complexity index is 818. The van der Waals surface area contributed by atoms with E-state index in [2.05, 4.69) is 23.5 Å². The van der Waals surface area contributed by atoms with Crippen LogP contribution in [-0.2, 0) is 20.9 Å². The van der Waals surface area contributed by atoms with Crippen LogP contribution in [0, 0.1) is 0 Å². The number of carbonyl (C=O) groups excluding carboxylic acids is 2. The lowest BCUT2D eigenvalue weighted by atomic mass is 10.3. The van der Waals surface area contributed by atoms with E-state index in [1.807, 2.05) is 35.8 Å². The summed E-state index contributed by atoms with van der Waals surface area (Å²) in [6.07, 6.45) is 3.36. The molecule has 0 aliphatic rings. The smallest absolute Gasteiger partial charge is 0.246 e. The summed E-state index contributed by atoms with van der Waals surface area (Å²) in [6, 6.07) is 7.21. The van der Waals surface area contributed by atoms with Crippen LogP contribution in [0.25, 0.3) is 11.0 Å². The fourth-order valence-corrected chi connectivity index (χ4v) is 2.89. The summed E-state index contributed by atoms with van der Waals surface area (Å²) in [5.74, 6) is 0.302. The minimum absolute atomic E-state index is 0.0318. The molecule has 1 aromatic carbocycles. The Kier molecular flexibility index (Phi) is 7.31. The number of amides is 2. The third-order valence-corrected chi connectivity index (χ3v) is 4.07. The minimum atomic E-state index is -0.375. The molecule has 0 spiro atoms. The standard InChI is InChI=1S/C20H26N4O3/c1-5-11-23(12-6-2)19(26)13-24-17-10-8-7-9-16(17)22-20(24)15(3)21-18(25)14-27-4/h5-10,15H,1-2,11-14H2,3-4H3,(H,21,25). The van der Waals surface area contributed by atoms with E-state index in [9.17, 15) is 9.59 Å². The molecule has 0 fully saturated rings. The van der Waals surface area contributed by atoms with Gasteiger partial charge in [0.15, 0.2) is 0 Å². The van der Waals surface area contributed by atoms with Gasteiger partial charge < -0.3 is 19.5 Å². The maximum Gasteiger partial charge on any atom is 0.246 e. The van der Waals surface area contributed by atoms with Gasteiger partial charge in [0.1, 0.15) is 19.0 Å². The first-order valence-corrected chi connectivity index (χ1v) is 8.74. The van der Waals surface area contributed by atoms with Crippen molar-refractivity contribution in [3.63, 3.8) is 0 Å². The highest BCUT2D eigenvalue weighted by Crippen LogP contribution is 2.21. The first kappa shape index (κ1) is 20.4. The summed E-state index contributed by atoms with van der Waals surface area (Å²) in [5.41, 5.74) is 1.61. The summed E-state index contributed by atoms with van der Waals surface area (Å²) in [6.45, 7) is 10.2. The number of nitrogens with zero attached hydrogens (tertiary/aromatic N) is 3. The third kappa shape index (κ3) is 5.04. The van der Waals surface area contributed by atoms with Gasteiger partial charge in [-0.25, -0.2) is 4.98 Å². The van der Waals surface area contributed by atoms with Crippen LogP contribution in [0.3, 0.4) is 0 Å². The average Bonchev–Trinajstić information content (AvgIpc) is 3.00. The van der Waals surface area contributed by atoms with Crippen LogP contribution in [0.1, 0.15) is 18.8 Å². The summed E-state index contributed by atoms with van der Waals surface area (Å²) in [4.78, 5) is 31.0. The van der Waals surface area contributed by atoms with Crippen molar-refractivity contribution in [3.8, 4) is 0 Å². The number of ether oxygens (including phenoxy) is 1. The zero-order chi connectivity index (χ0) is 19.8. The molecule has 0 aliphatic carbocycles. The van der Waals surface area contributed by atoms with Gasteiger partial charge in [-0.05, 0) is 19.1 Å². The number of aromatic nitrogens is 2. The second-order valence-electron chi connectivity index (χ2n) is 6.14. The van der Waals surface area contributed by atoms with Crippen LogP contribution in [0.15, 0.2) is 49.6 Å². The highest BCUT2D eigenvalue weighted by molar-refractivity contribution is 5.82. The molecular formula is C20H26N4O3. The van der Waals surface area contributed by atoms with Crippen molar-refractivity contribution in [2.24, 2.45) is 0 Å². The zero-order valence-corrected chi connectivity index (χ0v) is 15.9. The third-order valence-electron chi connectivity index (χ3n) is 4.07. The Hall–Kier alpha value is -2.93. The molecule has 2 amide bonds. The number of hydrogen-bond acceptors (Lipinski definition) is 4. The van der Waals surface area contributed by atoms with Crippen LogP contribution < -0.4 is 5.32 Å². The number of fused-ring (bicyclic) bond motifs is 1. The topological polar surface area (TPSA) is 76.5 Å². The Labute approximate surface area is 159 Å². The first-order chi connectivity index (χ1) is 13.0. The maximum absolute atomic E-state index is 12.8. The van der Waals surface area contributed by atoms with Gasteiger partial charge in [-0.15, -0.1) is 13.2 Å². The van der Waals surface area contributed by atoms with E-state index in [0.29, 0.717) is 18.9 Å². The monoisotopic (exact) mass is 370 g/mol. The number of methoxy groups -OCH3 is 1. The molecule has 0 aliphatic heterocycles. The van der Waals surface area contributed by atoms with Crippen LogP contribution in [0.5, 0.6) is 0 Å². The van der Waals surface area contributed by atoms with Crippen molar-refractivity contribution in [2.75, 3.05) is 26.8 Å². The maximum atomic E-state index is 12.8. The lowest BCUT2D eigenvalue weighted by Gasteiger charge is -2.21. The summed E-state index contributed by atoms with van der Waals surface area (Å²) < 4.78 is 6.70. The largest absolute Gasteiger partial charge is 0.375 e. The van der Waals surface area contributed by atoms with Gasteiger partial charge in [-0.1, -0.05) is 24.3 Å². The summed E-state index contributed by atoms with van der Waals surface area (Å²) in [7, 11) is 1.46. The van der Waals surface area contributed by atoms with E-state index in [0.717, 1.165) is 11.0 Å². The fraction of sp³-hybridized carbons (Fsp3) is 0.350. The van der Waals surface area contributed by atoms with E-state index >= 15 is 0 Å². The van der Waals surface area contributed by atoms with Crippen LogP contribution in [0.2, 0.25) is 0 Å². The van der Waals surface area contributed by atoms with Crippen molar-refractivity contribution in [3.05, 3.63) is 55.4 Å². The normalized spacial score (nSPS) is 11.8. The molecule has 144 valence electrons. The summed E-state index contributed by atoms with van der Waals surface area (Å²) >= 11 is 0. The second-order valence-corrected chi connectivity index (χ2v) is 6.14. The van der Waals surface area contributed by atoms with Gasteiger partial charge in [-0.2, -0.15) is 0 Å². The van der Waals surface area contributed by atoms with E-state index in [1.54, 1.807) is 17.1 Å². The quantitative estimate of drug-likeness (QED) is 0.650. The van der Waals surface area contributed by atoms with E-state index in [-0.39, 0.29) is 31.0 Å². The molecule has 1 N–H and O–H groups in total. The van der Waals surface area contributed by atoms with E-state index in [4.69, 9.17) is 4.74 Å². The number of carbonyl (C=O) groups is 2. The minimum Gasteiger partial charge on any atom is -0.375 e. The van der Waals surface area contributed by atoms with Crippen molar-refractivity contribution in [1.29, 1.82) is 0 Å². The first-order valence-electron chi connectivity index (χ1n) is 8.74. The molecular weight excluding hydrogens is 344 g/mol. The van der Waals surface area contributed by atoms with E-state index in [1.165, 1.54) is 7.11 Å². The molecule has 1 aromatic heterocycles. The molecule has 2 rings (SSSR count).